The number of benzene rings is 2. The summed E-state index contributed by atoms with van der Waals surface area (Å²) in [5.41, 5.74) is 0.519. The molecule has 2 unspecified atom stereocenters. The van der Waals surface area contributed by atoms with E-state index < -0.39 is 11.6 Å². The summed E-state index contributed by atoms with van der Waals surface area (Å²) in [6.45, 7) is 3.67. The Balaban J connectivity index is 1.76. The number of hydrogen-bond acceptors (Lipinski definition) is 3. The number of rotatable bonds is 9. The minimum Gasteiger partial charge on any atom is -0.348 e. The van der Waals surface area contributed by atoms with Gasteiger partial charge >= 0.3 is 6.03 Å². The number of urea groups is 1. The second-order valence-corrected chi connectivity index (χ2v) is 8.21. The van der Waals surface area contributed by atoms with Crippen LogP contribution in [0, 0.1) is 0 Å². The van der Waals surface area contributed by atoms with Gasteiger partial charge in [0.05, 0.1) is 6.04 Å². The first-order valence-electron chi connectivity index (χ1n) is 10.7. The van der Waals surface area contributed by atoms with Gasteiger partial charge < -0.3 is 10.6 Å². The molecule has 164 valence electrons. The van der Waals surface area contributed by atoms with Crippen molar-refractivity contribution in [3.63, 3.8) is 0 Å². The van der Waals surface area contributed by atoms with Crippen LogP contribution in [-0.2, 0) is 15.1 Å². The van der Waals surface area contributed by atoms with E-state index in [0.29, 0.717) is 17.9 Å². The Hall–Kier alpha value is -2.86. The van der Waals surface area contributed by atoms with Gasteiger partial charge in [0.2, 0.25) is 5.91 Å². The molecule has 3 rings (SSSR count). The van der Waals surface area contributed by atoms with Crippen LogP contribution in [0.1, 0.15) is 56.7 Å². The van der Waals surface area contributed by atoms with E-state index >= 15 is 0 Å². The van der Waals surface area contributed by atoms with Crippen molar-refractivity contribution in [3.05, 3.63) is 70.7 Å². The molecule has 0 bridgehead atoms. The molecule has 2 aromatic carbocycles. The quantitative estimate of drug-likeness (QED) is 0.560. The molecular weight excluding hydrogens is 414 g/mol. The summed E-state index contributed by atoms with van der Waals surface area (Å²) in [6.07, 6.45) is 2.81. The van der Waals surface area contributed by atoms with E-state index in [1.807, 2.05) is 56.3 Å². The predicted octanol–water partition coefficient (Wildman–Crippen LogP) is 4.54. The molecule has 6 nitrogen and oxygen atoms in total. The van der Waals surface area contributed by atoms with Gasteiger partial charge in [0.25, 0.3) is 5.91 Å². The Morgan fingerprint density at radius 2 is 1.77 bits per heavy atom. The van der Waals surface area contributed by atoms with Crippen LogP contribution in [0.2, 0.25) is 5.02 Å². The summed E-state index contributed by atoms with van der Waals surface area (Å²) in [7, 11) is 0. The van der Waals surface area contributed by atoms with Gasteiger partial charge in [-0.2, -0.15) is 0 Å². The highest BCUT2D eigenvalue weighted by molar-refractivity contribution is 6.30. The smallest absolute Gasteiger partial charge is 0.325 e. The third kappa shape index (κ3) is 4.90. The minimum absolute atomic E-state index is 0.232. The summed E-state index contributed by atoms with van der Waals surface area (Å²) >= 11 is 5.95. The van der Waals surface area contributed by atoms with Gasteiger partial charge in [-0.05, 0) is 36.1 Å². The minimum atomic E-state index is -1.13. The summed E-state index contributed by atoms with van der Waals surface area (Å²) in [6, 6.07) is 15.7. The maximum Gasteiger partial charge on any atom is 0.325 e. The lowest BCUT2D eigenvalue weighted by atomic mass is 9.85. The van der Waals surface area contributed by atoms with E-state index in [-0.39, 0.29) is 24.4 Å². The molecule has 31 heavy (non-hydrogen) atoms. The van der Waals surface area contributed by atoms with Gasteiger partial charge in [-0.25, -0.2) is 4.79 Å². The normalized spacial score (nSPS) is 19.3. The first-order chi connectivity index (χ1) is 14.9. The van der Waals surface area contributed by atoms with Gasteiger partial charge in [-0.1, -0.05) is 80.8 Å². The number of amides is 4. The van der Waals surface area contributed by atoms with E-state index in [1.165, 1.54) is 0 Å². The molecule has 1 aliphatic heterocycles. The van der Waals surface area contributed by atoms with E-state index in [0.717, 1.165) is 28.9 Å². The Morgan fingerprint density at radius 3 is 2.39 bits per heavy atom. The third-order valence-electron chi connectivity index (χ3n) is 5.67. The van der Waals surface area contributed by atoms with Crippen LogP contribution in [-0.4, -0.2) is 29.3 Å². The number of halogens is 1. The molecule has 0 aliphatic carbocycles. The fourth-order valence-electron chi connectivity index (χ4n) is 3.94. The fourth-order valence-corrected chi connectivity index (χ4v) is 4.07. The van der Waals surface area contributed by atoms with Crippen LogP contribution in [0.25, 0.3) is 0 Å². The molecular formula is C24H28ClN3O3. The van der Waals surface area contributed by atoms with Crippen LogP contribution >= 0.6 is 11.6 Å². The number of carbonyl (C=O) groups excluding carboxylic acids is 3. The zero-order valence-electron chi connectivity index (χ0n) is 17.9. The van der Waals surface area contributed by atoms with Gasteiger partial charge in [0, 0.05) is 5.02 Å². The van der Waals surface area contributed by atoms with Crippen LogP contribution in [0.4, 0.5) is 4.79 Å². The van der Waals surface area contributed by atoms with E-state index in [4.69, 9.17) is 11.6 Å². The topological polar surface area (TPSA) is 78.5 Å². The van der Waals surface area contributed by atoms with E-state index in [2.05, 4.69) is 10.6 Å². The van der Waals surface area contributed by atoms with Crippen molar-refractivity contribution in [1.82, 2.24) is 15.5 Å². The van der Waals surface area contributed by atoms with Crippen molar-refractivity contribution in [2.45, 2.75) is 51.1 Å². The summed E-state index contributed by atoms with van der Waals surface area (Å²) in [4.78, 5) is 39.9. The Morgan fingerprint density at radius 1 is 1.10 bits per heavy atom. The molecule has 0 aromatic heterocycles. The maximum atomic E-state index is 13.4. The van der Waals surface area contributed by atoms with Crippen LogP contribution < -0.4 is 10.6 Å². The van der Waals surface area contributed by atoms with Crippen molar-refractivity contribution in [2.24, 2.45) is 0 Å². The van der Waals surface area contributed by atoms with Crippen molar-refractivity contribution in [2.75, 3.05) is 6.54 Å². The number of nitrogens with zero attached hydrogens (tertiary/aromatic N) is 1. The summed E-state index contributed by atoms with van der Waals surface area (Å²) < 4.78 is 0. The number of imide groups is 1. The van der Waals surface area contributed by atoms with Gasteiger partial charge in [-0.3, -0.25) is 14.5 Å². The molecule has 2 atom stereocenters. The second kappa shape index (κ2) is 9.96. The average molecular weight is 442 g/mol. The average Bonchev–Trinajstić information content (AvgIpc) is 3.02. The van der Waals surface area contributed by atoms with Crippen molar-refractivity contribution >= 4 is 29.4 Å². The van der Waals surface area contributed by atoms with Crippen molar-refractivity contribution < 1.29 is 14.4 Å². The van der Waals surface area contributed by atoms with Gasteiger partial charge in [0.1, 0.15) is 12.1 Å². The number of nitrogens with one attached hydrogen (secondary N) is 2. The van der Waals surface area contributed by atoms with Crippen molar-refractivity contribution in [3.8, 4) is 0 Å². The van der Waals surface area contributed by atoms with E-state index in [9.17, 15) is 14.4 Å². The fraction of sp³-hybridized carbons (Fsp3) is 0.375. The Bertz CT molecular complexity index is 933. The summed E-state index contributed by atoms with van der Waals surface area (Å²) in [5, 5.41) is 6.42. The summed E-state index contributed by atoms with van der Waals surface area (Å²) in [5.74, 6) is -0.767. The maximum absolute atomic E-state index is 13.4. The highest BCUT2D eigenvalue weighted by atomic mass is 35.5. The number of hydrogen-bond donors (Lipinski definition) is 2. The molecule has 1 fully saturated rings. The third-order valence-corrected chi connectivity index (χ3v) is 5.92. The molecule has 2 aromatic rings. The molecule has 1 saturated heterocycles. The standard InChI is InChI=1S/C24H28ClN3O3/c1-3-5-15-24(18-9-7-6-8-10-18)22(30)28(23(31)27-24)16-21(29)26-20(4-2)17-11-13-19(25)14-12-17/h6-14,20H,3-5,15-16H2,1-2H3,(H,26,29)(H,27,31). The largest absolute Gasteiger partial charge is 0.348 e. The zero-order chi connectivity index (χ0) is 22.4. The van der Waals surface area contributed by atoms with Gasteiger partial charge in [0.15, 0.2) is 0 Å². The lowest BCUT2D eigenvalue weighted by molar-refractivity contribution is -0.135. The first-order valence-corrected chi connectivity index (χ1v) is 11.0. The number of carbonyl (C=O) groups is 3. The van der Waals surface area contributed by atoms with Crippen LogP contribution in [0.5, 0.6) is 0 Å². The monoisotopic (exact) mass is 441 g/mol. The second-order valence-electron chi connectivity index (χ2n) is 7.78. The highest BCUT2D eigenvalue weighted by Gasteiger charge is 2.52. The van der Waals surface area contributed by atoms with Crippen LogP contribution in [0.15, 0.2) is 54.6 Å². The van der Waals surface area contributed by atoms with E-state index in [1.54, 1.807) is 12.1 Å². The zero-order valence-corrected chi connectivity index (χ0v) is 18.6. The highest BCUT2D eigenvalue weighted by Crippen LogP contribution is 2.34. The Kier molecular flexibility index (Phi) is 7.33. The van der Waals surface area contributed by atoms with Gasteiger partial charge in [-0.15, -0.1) is 0 Å². The molecule has 4 amide bonds. The Labute approximate surface area is 188 Å². The molecule has 0 spiro atoms. The predicted molar refractivity (Wildman–Crippen MR) is 121 cm³/mol. The molecule has 2 N–H and O–H groups in total. The molecule has 0 radical (unpaired) electrons. The lowest BCUT2D eigenvalue weighted by Crippen LogP contribution is -2.45. The SMILES string of the molecule is CCCCC1(c2ccccc2)NC(=O)N(CC(=O)NC(CC)c2ccc(Cl)cc2)C1=O. The lowest BCUT2D eigenvalue weighted by Gasteiger charge is -2.27. The molecule has 1 aliphatic rings. The molecule has 0 saturated carbocycles. The molecule has 7 heteroatoms. The molecule has 1 heterocycles. The first kappa shape index (κ1) is 22.8. The van der Waals surface area contributed by atoms with Crippen LogP contribution in [0.3, 0.4) is 0 Å². The number of unbranched alkanes of at least 4 members (excludes halogenated alkanes) is 1. The van der Waals surface area contributed by atoms with Crippen molar-refractivity contribution in [1.29, 1.82) is 0 Å².